The minimum Gasteiger partial charge on any atom is -0.298 e. The summed E-state index contributed by atoms with van der Waals surface area (Å²) in [6.45, 7) is 5.83. The highest BCUT2D eigenvalue weighted by Gasteiger charge is 2.15. The third-order valence-corrected chi connectivity index (χ3v) is 6.80. The summed E-state index contributed by atoms with van der Waals surface area (Å²) in [4.78, 5) is 17.1. The van der Waals surface area contributed by atoms with Crippen molar-refractivity contribution in [1.29, 1.82) is 0 Å². The van der Waals surface area contributed by atoms with Crippen LogP contribution in [0, 0.1) is 0 Å². The summed E-state index contributed by atoms with van der Waals surface area (Å²) in [5.41, 5.74) is 2.34. The Morgan fingerprint density at radius 2 is 1.96 bits per heavy atom. The zero-order valence-corrected chi connectivity index (χ0v) is 16.4. The average molecular weight is 389 g/mol. The van der Waals surface area contributed by atoms with Gasteiger partial charge < -0.3 is 0 Å². The van der Waals surface area contributed by atoms with E-state index < -0.39 is 9.84 Å². The van der Waals surface area contributed by atoms with Crippen LogP contribution in [0.2, 0.25) is 0 Å². The van der Waals surface area contributed by atoms with Crippen molar-refractivity contribution in [1.82, 2.24) is 4.98 Å². The molecule has 1 N–H and O–H groups in total. The number of amides is 1. The number of sulfone groups is 1. The Labute approximate surface area is 157 Å². The van der Waals surface area contributed by atoms with Crippen LogP contribution in [0.15, 0.2) is 47.4 Å². The van der Waals surface area contributed by atoms with E-state index >= 15 is 0 Å². The molecule has 136 valence electrons. The van der Waals surface area contributed by atoms with Crippen LogP contribution in [0.4, 0.5) is 5.13 Å². The maximum atomic E-state index is 12.5. The number of fused-ring (bicyclic) bond motifs is 1. The molecule has 0 aliphatic carbocycles. The zero-order chi connectivity index (χ0) is 18.9. The number of thiazole rings is 1. The molecule has 5 nitrogen and oxygen atoms in total. The third-order valence-electron chi connectivity index (χ3n) is 4.14. The van der Waals surface area contributed by atoms with E-state index in [-0.39, 0.29) is 16.6 Å². The van der Waals surface area contributed by atoms with Gasteiger partial charge in [0.1, 0.15) is 0 Å². The Balaban J connectivity index is 1.86. The van der Waals surface area contributed by atoms with Gasteiger partial charge in [-0.05, 0) is 41.8 Å². The molecule has 0 unspecified atom stereocenters. The summed E-state index contributed by atoms with van der Waals surface area (Å²) in [5.74, 6) is 0.0396. The highest BCUT2D eigenvalue weighted by molar-refractivity contribution is 7.91. The molecule has 0 atom stereocenters. The Morgan fingerprint density at radius 3 is 2.65 bits per heavy atom. The fourth-order valence-corrected chi connectivity index (χ4v) is 4.36. The van der Waals surface area contributed by atoms with Crippen molar-refractivity contribution in [3.63, 3.8) is 0 Å². The number of hydrogen-bond donors (Lipinski definition) is 1. The van der Waals surface area contributed by atoms with Gasteiger partial charge >= 0.3 is 0 Å². The lowest BCUT2D eigenvalue weighted by molar-refractivity contribution is 0.102. The van der Waals surface area contributed by atoms with Crippen molar-refractivity contribution in [2.75, 3.05) is 11.1 Å². The van der Waals surface area contributed by atoms with E-state index in [0.717, 1.165) is 10.2 Å². The van der Waals surface area contributed by atoms with Crippen LogP contribution in [0.25, 0.3) is 10.2 Å². The predicted molar refractivity (Wildman–Crippen MR) is 106 cm³/mol. The monoisotopic (exact) mass is 388 g/mol. The van der Waals surface area contributed by atoms with E-state index in [1.165, 1.54) is 29.0 Å². The maximum absolute atomic E-state index is 12.5. The number of benzene rings is 2. The Kier molecular flexibility index (Phi) is 5.11. The van der Waals surface area contributed by atoms with E-state index in [1.54, 1.807) is 19.1 Å². The minimum absolute atomic E-state index is 0.00583. The molecule has 3 aromatic rings. The van der Waals surface area contributed by atoms with Crippen LogP contribution in [0.1, 0.15) is 42.6 Å². The SMILES string of the molecule is CCS(=O)(=O)c1cccc(C(=O)Nc2nc3ccc(C(C)C)cc3s2)c1. The summed E-state index contributed by atoms with van der Waals surface area (Å²) in [7, 11) is -3.35. The van der Waals surface area contributed by atoms with Crippen molar-refractivity contribution in [2.24, 2.45) is 0 Å². The number of carbonyl (C=O) groups is 1. The van der Waals surface area contributed by atoms with Crippen LogP contribution in [0.3, 0.4) is 0 Å². The first-order valence-electron chi connectivity index (χ1n) is 8.35. The molecule has 26 heavy (non-hydrogen) atoms. The molecule has 0 spiro atoms. The van der Waals surface area contributed by atoms with Crippen LogP contribution >= 0.6 is 11.3 Å². The first-order valence-corrected chi connectivity index (χ1v) is 10.8. The smallest absolute Gasteiger partial charge is 0.257 e. The quantitative estimate of drug-likeness (QED) is 0.700. The van der Waals surface area contributed by atoms with Crippen LogP contribution < -0.4 is 5.32 Å². The van der Waals surface area contributed by atoms with Crippen molar-refractivity contribution in [2.45, 2.75) is 31.6 Å². The molecule has 1 amide bonds. The van der Waals surface area contributed by atoms with Crippen molar-refractivity contribution >= 4 is 42.4 Å². The molecule has 0 radical (unpaired) electrons. The molecule has 0 saturated heterocycles. The predicted octanol–water partition coefficient (Wildman–Crippen LogP) is 4.47. The minimum atomic E-state index is -3.35. The van der Waals surface area contributed by atoms with Crippen LogP contribution in [-0.4, -0.2) is 25.1 Å². The number of anilines is 1. The first kappa shape index (κ1) is 18.5. The number of hydrogen-bond acceptors (Lipinski definition) is 5. The lowest BCUT2D eigenvalue weighted by Gasteiger charge is -2.05. The van der Waals surface area contributed by atoms with E-state index in [2.05, 4.69) is 30.2 Å². The van der Waals surface area contributed by atoms with Gasteiger partial charge in [0.2, 0.25) is 0 Å². The largest absolute Gasteiger partial charge is 0.298 e. The molecule has 1 heterocycles. The molecular weight excluding hydrogens is 368 g/mol. The van der Waals surface area contributed by atoms with Crippen LogP contribution in [0.5, 0.6) is 0 Å². The van der Waals surface area contributed by atoms with E-state index in [9.17, 15) is 13.2 Å². The number of nitrogens with one attached hydrogen (secondary N) is 1. The van der Waals surface area contributed by atoms with Gasteiger partial charge in [0.15, 0.2) is 15.0 Å². The lowest BCUT2D eigenvalue weighted by Crippen LogP contribution is -2.13. The Bertz CT molecular complexity index is 1070. The van der Waals surface area contributed by atoms with E-state index in [0.29, 0.717) is 16.6 Å². The second-order valence-electron chi connectivity index (χ2n) is 6.29. The average Bonchev–Trinajstić information content (AvgIpc) is 3.03. The molecular formula is C19H20N2O3S2. The summed E-state index contributed by atoms with van der Waals surface area (Å²) < 4.78 is 25.0. The second kappa shape index (κ2) is 7.17. The molecule has 0 aliphatic rings. The summed E-state index contributed by atoms with van der Waals surface area (Å²) in [6.07, 6.45) is 0. The second-order valence-corrected chi connectivity index (χ2v) is 9.60. The van der Waals surface area contributed by atoms with Gasteiger partial charge in [-0.15, -0.1) is 0 Å². The molecule has 2 aromatic carbocycles. The van der Waals surface area contributed by atoms with Crippen LogP contribution in [-0.2, 0) is 9.84 Å². The maximum Gasteiger partial charge on any atom is 0.257 e. The fraction of sp³-hybridized carbons (Fsp3) is 0.263. The molecule has 0 saturated carbocycles. The van der Waals surface area contributed by atoms with Gasteiger partial charge in [0.05, 0.1) is 20.9 Å². The first-order chi connectivity index (χ1) is 12.3. The normalized spacial score (nSPS) is 11.8. The van der Waals surface area contributed by atoms with E-state index in [1.807, 2.05) is 12.1 Å². The Hall–Kier alpha value is -2.25. The highest BCUT2D eigenvalue weighted by Crippen LogP contribution is 2.29. The van der Waals surface area contributed by atoms with Gasteiger partial charge in [-0.25, -0.2) is 13.4 Å². The number of carbonyl (C=O) groups excluding carboxylic acids is 1. The van der Waals surface area contributed by atoms with Gasteiger partial charge in [-0.2, -0.15) is 0 Å². The van der Waals surface area contributed by atoms with Crippen molar-refractivity contribution < 1.29 is 13.2 Å². The van der Waals surface area contributed by atoms with E-state index in [4.69, 9.17) is 0 Å². The van der Waals surface area contributed by atoms with Crippen molar-refractivity contribution in [3.05, 3.63) is 53.6 Å². The summed E-state index contributed by atoms with van der Waals surface area (Å²) >= 11 is 1.40. The standard InChI is InChI=1S/C19H20N2O3S2/c1-4-26(23,24)15-7-5-6-14(10-15)18(22)21-19-20-16-9-8-13(12(2)3)11-17(16)25-19/h5-12H,4H2,1-3H3,(H,20,21,22). The molecule has 0 aliphatic heterocycles. The Morgan fingerprint density at radius 1 is 1.19 bits per heavy atom. The number of nitrogens with zero attached hydrogens (tertiary/aromatic N) is 1. The summed E-state index contributed by atoms with van der Waals surface area (Å²) in [6, 6.07) is 12.1. The number of rotatable bonds is 5. The lowest BCUT2D eigenvalue weighted by atomic mass is 10.0. The highest BCUT2D eigenvalue weighted by atomic mass is 32.2. The molecule has 0 bridgehead atoms. The molecule has 0 fully saturated rings. The molecule has 3 rings (SSSR count). The van der Waals surface area contributed by atoms with Gasteiger partial charge in [0, 0.05) is 5.56 Å². The zero-order valence-electron chi connectivity index (χ0n) is 14.8. The molecule has 1 aromatic heterocycles. The van der Waals surface area contributed by atoms with Crippen molar-refractivity contribution in [3.8, 4) is 0 Å². The third kappa shape index (κ3) is 3.78. The number of aromatic nitrogens is 1. The topological polar surface area (TPSA) is 76.1 Å². The van der Waals surface area contributed by atoms with Gasteiger partial charge in [-0.1, -0.05) is 44.2 Å². The molecule has 7 heteroatoms. The summed E-state index contributed by atoms with van der Waals surface area (Å²) in [5, 5.41) is 3.26. The fourth-order valence-electron chi connectivity index (χ4n) is 2.52. The van der Waals surface area contributed by atoms with Gasteiger partial charge in [-0.3, -0.25) is 10.1 Å². The van der Waals surface area contributed by atoms with Gasteiger partial charge in [0.25, 0.3) is 5.91 Å².